The Morgan fingerprint density at radius 2 is 2.24 bits per heavy atom. The largest absolute Gasteiger partial charge is 0.444 e. The number of aliphatic imine (C=N–C) groups is 1. The van der Waals surface area contributed by atoms with Crippen LogP contribution in [0.25, 0.3) is 0 Å². The topological polar surface area (TPSA) is 53.9 Å². The lowest BCUT2D eigenvalue weighted by atomic mass is 10.2. The van der Waals surface area contributed by atoms with Crippen molar-refractivity contribution in [3.05, 3.63) is 0 Å². The third-order valence-electron chi connectivity index (χ3n) is 2.98. The molecular formula is C15H29N3O2S. The Hall–Kier alpha value is -0.910. The summed E-state index contributed by atoms with van der Waals surface area (Å²) in [4.78, 5) is 18.3. The number of ether oxygens (including phenoxy) is 1. The molecule has 0 aromatic carbocycles. The second-order valence-electron chi connectivity index (χ2n) is 6.26. The van der Waals surface area contributed by atoms with Gasteiger partial charge in [-0.15, -0.1) is 0 Å². The molecule has 0 radical (unpaired) electrons. The Labute approximate surface area is 132 Å². The molecule has 1 heterocycles. The van der Waals surface area contributed by atoms with Crippen LogP contribution in [0.4, 0.5) is 4.79 Å². The lowest BCUT2D eigenvalue weighted by molar-refractivity contribution is 0.0276. The van der Waals surface area contributed by atoms with Crippen LogP contribution in [0, 0.1) is 0 Å². The molecule has 1 amide bonds. The summed E-state index contributed by atoms with van der Waals surface area (Å²) in [6.45, 7) is 11.8. The Balaban J connectivity index is 2.41. The van der Waals surface area contributed by atoms with Crippen molar-refractivity contribution in [1.82, 2.24) is 10.2 Å². The van der Waals surface area contributed by atoms with Crippen molar-refractivity contribution in [3.8, 4) is 0 Å². The fourth-order valence-electron chi connectivity index (χ4n) is 1.95. The van der Waals surface area contributed by atoms with Crippen molar-refractivity contribution >= 4 is 23.7 Å². The van der Waals surface area contributed by atoms with E-state index in [2.05, 4.69) is 24.2 Å². The molecule has 0 aromatic rings. The Kier molecular flexibility index (Phi) is 7.35. The van der Waals surface area contributed by atoms with Gasteiger partial charge < -0.3 is 10.1 Å². The molecule has 0 saturated heterocycles. The lowest BCUT2D eigenvalue weighted by Gasteiger charge is -2.30. The van der Waals surface area contributed by atoms with Crippen molar-refractivity contribution in [3.63, 3.8) is 0 Å². The van der Waals surface area contributed by atoms with Crippen LogP contribution in [0.2, 0.25) is 0 Å². The van der Waals surface area contributed by atoms with E-state index < -0.39 is 5.60 Å². The average Bonchev–Trinajstić information content (AvgIpc) is 2.37. The zero-order chi connectivity index (χ0) is 15.9. The second-order valence-corrected chi connectivity index (χ2v) is 7.66. The molecule has 0 saturated carbocycles. The first-order chi connectivity index (χ1) is 9.81. The van der Waals surface area contributed by atoms with E-state index >= 15 is 0 Å². The van der Waals surface area contributed by atoms with Crippen LogP contribution in [0.15, 0.2) is 4.99 Å². The van der Waals surface area contributed by atoms with E-state index in [1.54, 1.807) is 4.90 Å². The number of carbonyl (C=O) groups excluding carboxylic acids is 1. The third kappa shape index (κ3) is 7.60. The van der Waals surface area contributed by atoms with E-state index in [0.717, 1.165) is 23.8 Å². The van der Waals surface area contributed by atoms with Gasteiger partial charge in [0.25, 0.3) is 0 Å². The smallest absolute Gasteiger partial charge is 0.410 e. The van der Waals surface area contributed by atoms with Gasteiger partial charge in [0.2, 0.25) is 0 Å². The molecule has 1 aliphatic heterocycles. The molecule has 0 fully saturated rings. The maximum absolute atomic E-state index is 12.1. The van der Waals surface area contributed by atoms with E-state index in [0.29, 0.717) is 25.7 Å². The van der Waals surface area contributed by atoms with Gasteiger partial charge in [0, 0.05) is 12.6 Å². The van der Waals surface area contributed by atoms with Crippen LogP contribution in [0.5, 0.6) is 0 Å². The summed E-state index contributed by atoms with van der Waals surface area (Å²) in [6.07, 6.45) is 0.843. The quantitative estimate of drug-likeness (QED) is 0.793. The van der Waals surface area contributed by atoms with Crippen LogP contribution in [-0.4, -0.2) is 59.6 Å². The van der Waals surface area contributed by atoms with Gasteiger partial charge >= 0.3 is 6.09 Å². The number of amidine groups is 1. The Bertz CT molecular complexity index is 366. The molecule has 0 aliphatic carbocycles. The molecule has 0 spiro atoms. The Morgan fingerprint density at radius 3 is 2.86 bits per heavy atom. The summed E-state index contributed by atoms with van der Waals surface area (Å²) in [5.74, 6) is 3.19. The number of rotatable bonds is 5. The first kappa shape index (κ1) is 18.1. The molecular weight excluding hydrogens is 286 g/mol. The molecule has 1 N–H and O–H groups in total. The van der Waals surface area contributed by atoms with Crippen LogP contribution in [0.3, 0.4) is 0 Å². The highest BCUT2D eigenvalue weighted by Gasteiger charge is 2.25. The van der Waals surface area contributed by atoms with Gasteiger partial charge in [0.15, 0.2) is 0 Å². The normalized spacial score (nSPS) is 17.2. The van der Waals surface area contributed by atoms with Gasteiger partial charge in [-0.3, -0.25) is 9.89 Å². The molecule has 6 heteroatoms. The van der Waals surface area contributed by atoms with Crippen LogP contribution < -0.4 is 5.32 Å². The highest BCUT2D eigenvalue weighted by molar-refractivity contribution is 7.99. The van der Waals surface area contributed by atoms with Gasteiger partial charge in [-0.2, -0.15) is 11.8 Å². The zero-order valence-corrected chi connectivity index (χ0v) is 14.8. The second kappa shape index (κ2) is 8.51. The van der Waals surface area contributed by atoms with Crippen molar-refractivity contribution in [2.75, 3.05) is 31.1 Å². The van der Waals surface area contributed by atoms with E-state index in [9.17, 15) is 4.79 Å². The minimum absolute atomic E-state index is 0.258. The molecule has 1 rings (SSSR count). The Morgan fingerprint density at radius 1 is 1.52 bits per heavy atom. The van der Waals surface area contributed by atoms with E-state index in [-0.39, 0.29) is 6.09 Å². The summed E-state index contributed by atoms with van der Waals surface area (Å²) in [5, 5.41) is 3.41. The monoisotopic (exact) mass is 315 g/mol. The van der Waals surface area contributed by atoms with E-state index in [4.69, 9.17) is 4.74 Å². The van der Waals surface area contributed by atoms with Crippen molar-refractivity contribution in [1.29, 1.82) is 0 Å². The van der Waals surface area contributed by atoms with Crippen LogP contribution in [-0.2, 0) is 4.74 Å². The van der Waals surface area contributed by atoms with Crippen LogP contribution in [0.1, 0.15) is 41.0 Å². The average molecular weight is 315 g/mol. The first-order valence-corrected chi connectivity index (χ1v) is 8.83. The molecule has 1 aliphatic rings. The number of amides is 1. The minimum Gasteiger partial charge on any atom is -0.444 e. The molecule has 122 valence electrons. The number of nitrogens with zero attached hydrogens (tertiary/aromatic N) is 2. The molecule has 0 bridgehead atoms. The fourth-order valence-corrected chi connectivity index (χ4v) is 2.76. The van der Waals surface area contributed by atoms with Gasteiger partial charge in [-0.1, -0.05) is 6.92 Å². The van der Waals surface area contributed by atoms with Crippen LogP contribution >= 0.6 is 11.8 Å². The van der Waals surface area contributed by atoms with Crippen molar-refractivity contribution < 1.29 is 9.53 Å². The highest BCUT2D eigenvalue weighted by atomic mass is 32.2. The molecule has 0 aromatic heterocycles. The fraction of sp³-hybridized carbons (Fsp3) is 0.867. The standard InChI is InChI=1S/C15H29N3O2S/c1-6-21-10-7-12(2)17-13-11-18(9-8-16-13)14(19)20-15(3,4)5/h12H,6-11H2,1-5H3,(H,16,17). The molecule has 5 nitrogen and oxygen atoms in total. The predicted molar refractivity (Wildman–Crippen MR) is 90.3 cm³/mol. The van der Waals surface area contributed by atoms with E-state index in [1.165, 1.54) is 0 Å². The van der Waals surface area contributed by atoms with Gasteiger partial charge in [0.05, 0.1) is 13.1 Å². The first-order valence-electron chi connectivity index (χ1n) is 7.67. The summed E-state index contributed by atoms with van der Waals surface area (Å²) in [5.41, 5.74) is -0.454. The molecule has 1 atom stereocenters. The zero-order valence-electron chi connectivity index (χ0n) is 13.9. The maximum Gasteiger partial charge on any atom is 0.410 e. The number of nitrogens with one attached hydrogen (secondary N) is 1. The van der Waals surface area contributed by atoms with Gasteiger partial charge in [-0.25, -0.2) is 4.79 Å². The predicted octanol–water partition coefficient (Wildman–Crippen LogP) is 2.76. The SMILES string of the molecule is CCSCCC(C)NC1=NCCN(C(=O)OC(C)(C)C)C1. The van der Waals surface area contributed by atoms with E-state index in [1.807, 2.05) is 32.5 Å². The van der Waals surface area contributed by atoms with Crippen molar-refractivity contribution in [2.45, 2.75) is 52.7 Å². The maximum atomic E-state index is 12.1. The molecule has 21 heavy (non-hydrogen) atoms. The van der Waals surface area contributed by atoms with Gasteiger partial charge in [0.1, 0.15) is 11.4 Å². The summed E-state index contributed by atoms with van der Waals surface area (Å²) < 4.78 is 5.41. The third-order valence-corrected chi connectivity index (χ3v) is 3.91. The number of hydrogen-bond donors (Lipinski definition) is 1. The number of carbonyl (C=O) groups is 1. The summed E-state index contributed by atoms with van der Waals surface area (Å²) in [6, 6.07) is 0.376. The molecule has 1 unspecified atom stereocenters. The summed E-state index contributed by atoms with van der Waals surface area (Å²) in [7, 11) is 0. The highest BCUT2D eigenvalue weighted by Crippen LogP contribution is 2.11. The number of hydrogen-bond acceptors (Lipinski definition) is 5. The lowest BCUT2D eigenvalue weighted by Crippen LogP contribution is -2.48. The minimum atomic E-state index is -0.454. The summed E-state index contributed by atoms with van der Waals surface area (Å²) >= 11 is 1.95. The van der Waals surface area contributed by atoms with Crippen molar-refractivity contribution in [2.24, 2.45) is 4.99 Å². The number of thioether (sulfide) groups is 1. The van der Waals surface area contributed by atoms with Gasteiger partial charge in [-0.05, 0) is 45.6 Å².